The van der Waals surface area contributed by atoms with Crippen molar-refractivity contribution in [2.24, 2.45) is 7.05 Å². The van der Waals surface area contributed by atoms with Crippen LogP contribution in [0.4, 0.5) is 0 Å². The average molecular weight is 166 g/mol. The van der Waals surface area contributed by atoms with Crippen LogP contribution < -0.4 is 0 Å². The number of hydrogen-bond acceptors (Lipinski definition) is 1. The molecule has 2 heteroatoms. The normalized spacial score (nSPS) is 10.7. The first-order valence-electron chi connectivity index (χ1n) is 4.66. The van der Waals surface area contributed by atoms with Crippen LogP contribution >= 0.6 is 0 Å². The van der Waals surface area contributed by atoms with Crippen LogP contribution in [-0.2, 0) is 13.5 Å². The quantitative estimate of drug-likeness (QED) is 0.674. The monoisotopic (exact) mass is 166 g/mol. The molecule has 0 radical (unpaired) electrons. The minimum Gasteiger partial charge on any atom is -0.272 e. The van der Waals surface area contributed by atoms with Crippen molar-refractivity contribution in [3.05, 3.63) is 17.0 Å². The van der Waals surface area contributed by atoms with Crippen molar-refractivity contribution < 1.29 is 0 Å². The summed E-state index contributed by atoms with van der Waals surface area (Å²) >= 11 is 0. The van der Waals surface area contributed by atoms with Crippen molar-refractivity contribution in [2.45, 2.75) is 40.0 Å². The SMILES string of the molecule is CCCCc1c(C)nn(C)c1C. The topological polar surface area (TPSA) is 17.8 Å². The van der Waals surface area contributed by atoms with Gasteiger partial charge in [-0.3, -0.25) is 4.68 Å². The zero-order valence-electron chi connectivity index (χ0n) is 8.52. The first kappa shape index (κ1) is 9.30. The maximum absolute atomic E-state index is 4.38. The van der Waals surface area contributed by atoms with E-state index >= 15 is 0 Å². The van der Waals surface area contributed by atoms with Crippen molar-refractivity contribution in [1.29, 1.82) is 0 Å². The number of aryl methyl sites for hydroxylation is 2. The van der Waals surface area contributed by atoms with E-state index in [1.807, 2.05) is 11.7 Å². The third-order valence-electron chi connectivity index (χ3n) is 2.44. The van der Waals surface area contributed by atoms with Crippen molar-refractivity contribution in [1.82, 2.24) is 9.78 Å². The molecule has 0 atom stereocenters. The van der Waals surface area contributed by atoms with Gasteiger partial charge in [-0.05, 0) is 32.3 Å². The molecule has 0 N–H and O–H groups in total. The fraction of sp³-hybridized carbons (Fsp3) is 0.700. The van der Waals surface area contributed by atoms with Crippen LogP contribution in [0.2, 0.25) is 0 Å². The van der Waals surface area contributed by atoms with Gasteiger partial charge in [-0.25, -0.2) is 0 Å². The van der Waals surface area contributed by atoms with Gasteiger partial charge in [-0.1, -0.05) is 13.3 Å². The highest BCUT2D eigenvalue weighted by Gasteiger charge is 2.07. The third kappa shape index (κ3) is 1.68. The van der Waals surface area contributed by atoms with E-state index in [4.69, 9.17) is 0 Å². The van der Waals surface area contributed by atoms with Crippen LogP contribution in [0.15, 0.2) is 0 Å². The van der Waals surface area contributed by atoms with E-state index in [1.165, 1.54) is 36.2 Å². The Bertz CT molecular complexity index is 261. The van der Waals surface area contributed by atoms with Crippen LogP contribution in [0.5, 0.6) is 0 Å². The fourth-order valence-corrected chi connectivity index (χ4v) is 1.53. The Kier molecular flexibility index (Phi) is 2.90. The molecule has 0 fully saturated rings. The fourth-order valence-electron chi connectivity index (χ4n) is 1.53. The predicted molar refractivity (Wildman–Crippen MR) is 51.3 cm³/mol. The van der Waals surface area contributed by atoms with Crippen LogP contribution in [-0.4, -0.2) is 9.78 Å². The second-order valence-electron chi connectivity index (χ2n) is 3.38. The standard InChI is InChI=1S/C10H18N2/c1-5-6-7-10-8(2)11-12(4)9(10)3/h5-7H2,1-4H3. The van der Waals surface area contributed by atoms with Crippen LogP contribution in [0.1, 0.15) is 36.7 Å². The summed E-state index contributed by atoms with van der Waals surface area (Å²) in [7, 11) is 2.01. The van der Waals surface area contributed by atoms with E-state index < -0.39 is 0 Å². The van der Waals surface area contributed by atoms with Gasteiger partial charge in [-0.2, -0.15) is 5.10 Å². The molecule has 1 heterocycles. The first-order chi connectivity index (χ1) is 5.66. The minimum absolute atomic E-state index is 1.18. The lowest BCUT2D eigenvalue weighted by Gasteiger charge is -1.99. The van der Waals surface area contributed by atoms with Gasteiger partial charge in [0.2, 0.25) is 0 Å². The molecule has 0 aliphatic carbocycles. The Hall–Kier alpha value is -0.790. The smallest absolute Gasteiger partial charge is 0.0628 e. The highest BCUT2D eigenvalue weighted by molar-refractivity contribution is 5.24. The molecule has 0 spiro atoms. The van der Waals surface area contributed by atoms with E-state index in [2.05, 4.69) is 25.9 Å². The summed E-state index contributed by atoms with van der Waals surface area (Å²) in [6.07, 6.45) is 3.71. The lowest BCUT2D eigenvalue weighted by atomic mass is 10.1. The summed E-state index contributed by atoms with van der Waals surface area (Å²) in [6.45, 7) is 6.46. The third-order valence-corrected chi connectivity index (χ3v) is 2.44. The van der Waals surface area contributed by atoms with E-state index in [9.17, 15) is 0 Å². The molecule has 1 rings (SSSR count). The molecule has 12 heavy (non-hydrogen) atoms. The number of unbranched alkanes of at least 4 members (excludes halogenated alkanes) is 1. The number of rotatable bonds is 3. The van der Waals surface area contributed by atoms with Crippen LogP contribution in [0.3, 0.4) is 0 Å². The molecular weight excluding hydrogens is 148 g/mol. The summed E-state index contributed by atoms with van der Waals surface area (Å²) in [4.78, 5) is 0. The van der Waals surface area contributed by atoms with Gasteiger partial charge in [0.05, 0.1) is 5.69 Å². The molecule has 0 aliphatic rings. The maximum Gasteiger partial charge on any atom is 0.0628 e. The lowest BCUT2D eigenvalue weighted by molar-refractivity contribution is 0.727. The van der Waals surface area contributed by atoms with Gasteiger partial charge in [0.15, 0.2) is 0 Å². The Balaban J connectivity index is 2.82. The molecular formula is C10H18N2. The van der Waals surface area contributed by atoms with Gasteiger partial charge in [-0.15, -0.1) is 0 Å². The number of nitrogens with zero attached hydrogens (tertiary/aromatic N) is 2. The predicted octanol–water partition coefficient (Wildman–Crippen LogP) is 2.38. The Morgan fingerprint density at radius 1 is 1.33 bits per heavy atom. The number of hydrogen-bond donors (Lipinski definition) is 0. The zero-order valence-corrected chi connectivity index (χ0v) is 8.52. The summed E-state index contributed by atoms with van der Waals surface area (Å²) in [5.41, 5.74) is 3.96. The van der Waals surface area contributed by atoms with E-state index in [-0.39, 0.29) is 0 Å². The number of aromatic nitrogens is 2. The molecule has 0 unspecified atom stereocenters. The molecule has 1 aromatic heterocycles. The second-order valence-corrected chi connectivity index (χ2v) is 3.38. The summed E-state index contributed by atoms with van der Waals surface area (Å²) in [6, 6.07) is 0. The van der Waals surface area contributed by atoms with Gasteiger partial charge < -0.3 is 0 Å². The average Bonchev–Trinajstić information content (AvgIpc) is 2.25. The largest absolute Gasteiger partial charge is 0.272 e. The summed E-state index contributed by atoms with van der Waals surface area (Å²) in [5.74, 6) is 0. The minimum atomic E-state index is 1.18. The van der Waals surface area contributed by atoms with Crippen molar-refractivity contribution in [3.63, 3.8) is 0 Å². The van der Waals surface area contributed by atoms with Gasteiger partial charge in [0.25, 0.3) is 0 Å². The van der Waals surface area contributed by atoms with E-state index in [0.717, 1.165) is 0 Å². The van der Waals surface area contributed by atoms with Gasteiger partial charge in [0, 0.05) is 12.7 Å². The highest BCUT2D eigenvalue weighted by Crippen LogP contribution is 2.14. The van der Waals surface area contributed by atoms with E-state index in [1.54, 1.807) is 0 Å². The Morgan fingerprint density at radius 2 is 2.00 bits per heavy atom. The van der Waals surface area contributed by atoms with Gasteiger partial charge >= 0.3 is 0 Å². The molecule has 1 aromatic rings. The Morgan fingerprint density at radius 3 is 2.42 bits per heavy atom. The summed E-state index contributed by atoms with van der Waals surface area (Å²) in [5, 5.41) is 4.38. The van der Waals surface area contributed by atoms with E-state index in [0.29, 0.717) is 0 Å². The van der Waals surface area contributed by atoms with Crippen molar-refractivity contribution >= 4 is 0 Å². The molecule has 0 amide bonds. The lowest BCUT2D eigenvalue weighted by Crippen LogP contribution is -1.94. The first-order valence-corrected chi connectivity index (χ1v) is 4.66. The molecule has 68 valence electrons. The molecule has 0 saturated heterocycles. The van der Waals surface area contributed by atoms with Crippen LogP contribution in [0.25, 0.3) is 0 Å². The highest BCUT2D eigenvalue weighted by atomic mass is 15.3. The summed E-state index contributed by atoms with van der Waals surface area (Å²) < 4.78 is 1.97. The zero-order chi connectivity index (χ0) is 9.14. The molecule has 2 nitrogen and oxygen atoms in total. The Labute approximate surface area is 74.6 Å². The molecule has 0 aromatic carbocycles. The van der Waals surface area contributed by atoms with Crippen LogP contribution in [0, 0.1) is 13.8 Å². The van der Waals surface area contributed by atoms with Crippen molar-refractivity contribution in [3.8, 4) is 0 Å². The maximum atomic E-state index is 4.38. The van der Waals surface area contributed by atoms with Crippen molar-refractivity contribution in [2.75, 3.05) is 0 Å². The second kappa shape index (κ2) is 3.74. The molecule has 0 saturated carbocycles. The molecule has 0 aliphatic heterocycles. The molecule has 0 bridgehead atoms. The van der Waals surface area contributed by atoms with Gasteiger partial charge in [0.1, 0.15) is 0 Å².